The summed E-state index contributed by atoms with van der Waals surface area (Å²) in [6.45, 7) is 3.29. The van der Waals surface area contributed by atoms with Crippen molar-refractivity contribution in [3.8, 4) is 11.5 Å². The summed E-state index contributed by atoms with van der Waals surface area (Å²) >= 11 is 0. The van der Waals surface area contributed by atoms with Crippen LogP contribution in [-0.4, -0.2) is 44.3 Å². The molecule has 0 radical (unpaired) electrons. The van der Waals surface area contributed by atoms with Crippen molar-refractivity contribution in [1.29, 1.82) is 0 Å². The molecule has 2 heterocycles. The molecule has 2 aliphatic heterocycles. The van der Waals surface area contributed by atoms with E-state index in [9.17, 15) is 0 Å². The normalized spacial score (nSPS) is 28.1. The molecule has 0 aliphatic carbocycles. The molecular formula is C14H20N2O2. The number of hydrogen-bond donors (Lipinski definition) is 1. The van der Waals surface area contributed by atoms with Gasteiger partial charge in [-0.2, -0.15) is 0 Å². The van der Waals surface area contributed by atoms with Crippen LogP contribution in [0.1, 0.15) is 17.9 Å². The standard InChI is InChI=1S/C14H20N2O2/c1-16-6-5-10(12(15)9-16)11-3-2-4-13-14(11)18-8-7-17-13/h2-4,10,12H,5-9,15H2,1H3. The quantitative estimate of drug-likeness (QED) is 0.811. The van der Waals surface area contributed by atoms with E-state index in [-0.39, 0.29) is 6.04 Å². The lowest BCUT2D eigenvalue weighted by Crippen LogP contribution is -2.45. The van der Waals surface area contributed by atoms with Gasteiger partial charge in [0.15, 0.2) is 11.5 Å². The molecular weight excluding hydrogens is 228 g/mol. The highest BCUT2D eigenvalue weighted by Crippen LogP contribution is 2.40. The number of piperidine rings is 1. The predicted molar refractivity (Wildman–Crippen MR) is 70.3 cm³/mol. The first-order chi connectivity index (χ1) is 8.75. The molecule has 1 aromatic rings. The topological polar surface area (TPSA) is 47.7 Å². The number of ether oxygens (including phenoxy) is 2. The second-order valence-corrected chi connectivity index (χ2v) is 5.19. The second-order valence-electron chi connectivity index (χ2n) is 5.19. The van der Waals surface area contributed by atoms with Crippen LogP contribution in [0.15, 0.2) is 18.2 Å². The minimum atomic E-state index is 0.167. The Morgan fingerprint density at radius 1 is 1.28 bits per heavy atom. The molecule has 1 aromatic carbocycles. The maximum Gasteiger partial charge on any atom is 0.164 e. The number of nitrogens with zero attached hydrogens (tertiary/aromatic N) is 1. The fraction of sp³-hybridized carbons (Fsp3) is 0.571. The first-order valence-corrected chi connectivity index (χ1v) is 6.58. The van der Waals surface area contributed by atoms with Gasteiger partial charge in [0.25, 0.3) is 0 Å². The minimum Gasteiger partial charge on any atom is -0.486 e. The Balaban J connectivity index is 1.92. The van der Waals surface area contributed by atoms with Crippen LogP contribution in [0.4, 0.5) is 0 Å². The van der Waals surface area contributed by atoms with E-state index in [1.54, 1.807) is 0 Å². The molecule has 18 heavy (non-hydrogen) atoms. The van der Waals surface area contributed by atoms with E-state index < -0.39 is 0 Å². The number of likely N-dealkylation sites (N-methyl/N-ethyl adjacent to an activating group) is 1. The molecule has 0 bridgehead atoms. The summed E-state index contributed by atoms with van der Waals surface area (Å²) < 4.78 is 11.4. The van der Waals surface area contributed by atoms with E-state index >= 15 is 0 Å². The number of hydrogen-bond acceptors (Lipinski definition) is 4. The summed E-state index contributed by atoms with van der Waals surface area (Å²) in [6, 6.07) is 6.30. The maximum absolute atomic E-state index is 6.30. The molecule has 1 fully saturated rings. The monoisotopic (exact) mass is 248 g/mol. The van der Waals surface area contributed by atoms with Crippen molar-refractivity contribution in [2.45, 2.75) is 18.4 Å². The molecule has 0 aromatic heterocycles. The Morgan fingerprint density at radius 3 is 2.94 bits per heavy atom. The van der Waals surface area contributed by atoms with Gasteiger partial charge in [-0.05, 0) is 26.1 Å². The van der Waals surface area contributed by atoms with Gasteiger partial charge >= 0.3 is 0 Å². The van der Waals surface area contributed by atoms with Gasteiger partial charge in [0.2, 0.25) is 0 Å². The van der Waals surface area contributed by atoms with Crippen LogP contribution in [0.3, 0.4) is 0 Å². The lowest BCUT2D eigenvalue weighted by molar-refractivity contribution is 0.165. The predicted octanol–water partition coefficient (Wildman–Crippen LogP) is 1.20. The smallest absolute Gasteiger partial charge is 0.164 e. The summed E-state index contributed by atoms with van der Waals surface area (Å²) in [7, 11) is 2.12. The molecule has 2 atom stereocenters. The van der Waals surface area contributed by atoms with E-state index in [2.05, 4.69) is 18.0 Å². The average molecular weight is 248 g/mol. The first-order valence-electron chi connectivity index (χ1n) is 6.58. The fourth-order valence-electron chi connectivity index (χ4n) is 2.93. The van der Waals surface area contributed by atoms with Gasteiger partial charge in [0.1, 0.15) is 13.2 Å². The van der Waals surface area contributed by atoms with Crippen molar-refractivity contribution in [3.05, 3.63) is 23.8 Å². The van der Waals surface area contributed by atoms with E-state index in [0.717, 1.165) is 31.0 Å². The maximum atomic E-state index is 6.30. The van der Waals surface area contributed by atoms with E-state index in [0.29, 0.717) is 19.1 Å². The van der Waals surface area contributed by atoms with E-state index in [4.69, 9.17) is 15.2 Å². The van der Waals surface area contributed by atoms with E-state index in [1.807, 2.05) is 12.1 Å². The van der Waals surface area contributed by atoms with Crippen molar-refractivity contribution in [2.24, 2.45) is 5.73 Å². The summed E-state index contributed by atoms with van der Waals surface area (Å²) in [5.41, 5.74) is 7.51. The zero-order valence-electron chi connectivity index (χ0n) is 10.8. The van der Waals surface area contributed by atoms with Crippen LogP contribution in [0.5, 0.6) is 11.5 Å². The minimum absolute atomic E-state index is 0.167. The van der Waals surface area contributed by atoms with Crippen LogP contribution >= 0.6 is 0 Å². The highest BCUT2D eigenvalue weighted by atomic mass is 16.6. The van der Waals surface area contributed by atoms with Gasteiger partial charge in [-0.3, -0.25) is 0 Å². The summed E-state index contributed by atoms with van der Waals surface area (Å²) in [4.78, 5) is 2.29. The SMILES string of the molecule is CN1CCC(c2cccc3c2OCCO3)C(N)C1. The Morgan fingerprint density at radius 2 is 2.11 bits per heavy atom. The van der Waals surface area contributed by atoms with Gasteiger partial charge in [0.05, 0.1) is 0 Å². The molecule has 0 saturated carbocycles. The Hall–Kier alpha value is -1.26. The van der Waals surface area contributed by atoms with Gasteiger partial charge < -0.3 is 20.1 Å². The molecule has 0 amide bonds. The number of likely N-dealkylation sites (tertiary alicyclic amines) is 1. The van der Waals surface area contributed by atoms with Crippen LogP contribution in [0.2, 0.25) is 0 Å². The molecule has 98 valence electrons. The number of para-hydroxylation sites is 1. The molecule has 4 heteroatoms. The molecule has 2 aliphatic rings. The third kappa shape index (κ3) is 2.06. The highest BCUT2D eigenvalue weighted by molar-refractivity contribution is 5.49. The summed E-state index contributed by atoms with van der Waals surface area (Å²) in [5, 5.41) is 0. The largest absolute Gasteiger partial charge is 0.486 e. The van der Waals surface area contributed by atoms with Crippen LogP contribution in [0.25, 0.3) is 0 Å². The van der Waals surface area contributed by atoms with Crippen molar-refractivity contribution in [2.75, 3.05) is 33.4 Å². The van der Waals surface area contributed by atoms with E-state index in [1.165, 1.54) is 5.56 Å². The van der Waals surface area contributed by atoms with Crippen molar-refractivity contribution in [3.63, 3.8) is 0 Å². The van der Waals surface area contributed by atoms with Crippen molar-refractivity contribution < 1.29 is 9.47 Å². The average Bonchev–Trinajstić information content (AvgIpc) is 2.38. The number of nitrogens with two attached hydrogens (primary N) is 1. The van der Waals surface area contributed by atoms with Crippen molar-refractivity contribution in [1.82, 2.24) is 4.90 Å². The molecule has 3 rings (SSSR count). The molecule has 2 N–H and O–H groups in total. The fourth-order valence-corrected chi connectivity index (χ4v) is 2.93. The Labute approximate surface area is 108 Å². The van der Waals surface area contributed by atoms with Gasteiger partial charge in [-0.1, -0.05) is 12.1 Å². The third-order valence-corrected chi connectivity index (χ3v) is 3.86. The molecule has 4 nitrogen and oxygen atoms in total. The number of rotatable bonds is 1. The molecule has 2 unspecified atom stereocenters. The third-order valence-electron chi connectivity index (χ3n) is 3.86. The van der Waals surface area contributed by atoms with Crippen LogP contribution in [-0.2, 0) is 0 Å². The first kappa shape index (κ1) is 11.8. The zero-order chi connectivity index (χ0) is 12.5. The highest BCUT2D eigenvalue weighted by Gasteiger charge is 2.30. The van der Waals surface area contributed by atoms with Crippen LogP contribution in [0, 0.1) is 0 Å². The lowest BCUT2D eigenvalue weighted by Gasteiger charge is -2.36. The van der Waals surface area contributed by atoms with Crippen molar-refractivity contribution >= 4 is 0 Å². The summed E-state index contributed by atoms with van der Waals surface area (Å²) in [6.07, 6.45) is 1.08. The van der Waals surface area contributed by atoms with Gasteiger partial charge in [0, 0.05) is 24.1 Å². The summed E-state index contributed by atoms with van der Waals surface area (Å²) in [5.74, 6) is 2.15. The zero-order valence-corrected chi connectivity index (χ0v) is 10.8. The second kappa shape index (κ2) is 4.78. The Kier molecular flexibility index (Phi) is 3.14. The molecule has 1 saturated heterocycles. The number of fused-ring (bicyclic) bond motifs is 1. The Bertz CT molecular complexity index is 436. The van der Waals surface area contributed by atoms with Gasteiger partial charge in [-0.15, -0.1) is 0 Å². The molecule has 0 spiro atoms. The number of benzene rings is 1. The van der Waals surface area contributed by atoms with Gasteiger partial charge in [-0.25, -0.2) is 0 Å². The van der Waals surface area contributed by atoms with Crippen LogP contribution < -0.4 is 15.2 Å². The lowest BCUT2D eigenvalue weighted by atomic mass is 9.85.